The lowest BCUT2D eigenvalue weighted by molar-refractivity contribution is 0.246. The molecule has 2 unspecified atom stereocenters. The van der Waals surface area contributed by atoms with E-state index in [0.717, 1.165) is 12.8 Å². The molecule has 5 nitrogen and oxygen atoms in total. The molecular weight excluding hydrogens is 286 g/mol. The van der Waals surface area contributed by atoms with Gasteiger partial charge in [0.25, 0.3) is 0 Å². The van der Waals surface area contributed by atoms with Crippen molar-refractivity contribution >= 4 is 15.7 Å². The average molecular weight is 309 g/mol. The minimum atomic E-state index is -3.46. The van der Waals surface area contributed by atoms with E-state index >= 15 is 0 Å². The van der Waals surface area contributed by atoms with E-state index in [1.807, 2.05) is 0 Å². The maximum absolute atomic E-state index is 12.9. The van der Waals surface area contributed by atoms with Crippen LogP contribution in [0.1, 0.15) is 24.8 Å². The summed E-state index contributed by atoms with van der Waals surface area (Å²) in [6.45, 7) is 2.96. The molecule has 3 rings (SSSR count). The van der Waals surface area contributed by atoms with E-state index in [9.17, 15) is 8.42 Å². The molecule has 0 amide bonds. The second-order valence-electron chi connectivity index (χ2n) is 6.17. The van der Waals surface area contributed by atoms with Gasteiger partial charge in [-0.3, -0.25) is 4.90 Å². The fourth-order valence-corrected chi connectivity index (χ4v) is 5.29. The fraction of sp³-hybridized carbons (Fsp3) is 0.600. The molecule has 0 saturated carbocycles. The molecule has 21 heavy (non-hydrogen) atoms. The van der Waals surface area contributed by atoms with Crippen molar-refractivity contribution in [1.82, 2.24) is 9.21 Å². The molecule has 2 heterocycles. The monoisotopic (exact) mass is 309 g/mol. The van der Waals surface area contributed by atoms with E-state index in [4.69, 9.17) is 5.73 Å². The summed E-state index contributed by atoms with van der Waals surface area (Å²) in [5.74, 6) is 0. The van der Waals surface area contributed by atoms with Gasteiger partial charge in [-0.15, -0.1) is 0 Å². The molecule has 0 aromatic heterocycles. The molecule has 2 N–H and O–H groups in total. The van der Waals surface area contributed by atoms with Crippen LogP contribution in [0.3, 0.4) is 0 Å². The van der Waals surface area contributed by atoms with Crippen LogP contribution in [0, 0.1) is 6.92 Å². The number of sulfonamides is 1. The summed E-state index contributed by atoms with van der Waals surface area (Å²) in [5.41, 5.74) is 7.05. The van der Waals surface area contributed by atoms with E-state index in [2.05, 4.69) is 11.9 Å². The Bertz CT molecular complexity index is 644. The predicted octanol–water partition coefficient (Wildman–Crippen LogP) is 1.43. The first-order valence-electron chi connectivity index (χ1n) is 7.48. The van der Waals surface area contributed by atoms with Crippen molar-refractivity contribution < 1.29 is 8.42 Å². The quantitative estimate of drug-likeness (QED) is 0.839. The van der Waals surface area contributed by atoms with Gasteiger partial charge in [0.15, 0.2) is 0 Å². The van der Waals surface area contributed by atoms with Crippen LogP contribution in [-0.4, -0.2) is 49.8 Å². The zero-order chi connectivity index (χ0) is 15.2. The van der Waals surface area contributed by atoms with Crippen LogP contribution in [0.4, 0.5) is 5.69 Å². The number of fused-ring (bicyclic) bond motifs is 2. The second-order valence-corrected chi connectivity index (χ2v) is 8.08. The summed E-state index contributed by atoms with van der Waals surface area (Å²) in [6.07, 6.45) is 3.18. The van der Waals surface area contributed by atoms with Gasteiger partial charge in [-0.05, 0) is 50.9 Å². The normalized spacial score (nSPS) is 27.7. The minimum Gasteiger partial charge on any atom is -0.398 e. The summed E-state index contributed by atoms with van der Waals surface area (Å²) >= 11 is 0. The highest BCUT2D eigenvalue weighted by Gasteiger charge is 2.39. The summed E-state index contributed by atoms with van der Waals surface area (Å²) in [5, 5.41) is 0. The van der Waals surface area contributed by atoms with E-state index in [0.29, 0.717) is 41.3 Å². The Kier molecular flexibility index (Phi) is 3.71. The zero-order valence-corrected chi connectivity index (χ0v) is 13.4. The first kappa shape index (κ1) is 14.8. The van der Waals surface area contributed by atoms with E-state index < -0.39 is 10.0 Å². The van der Waals surface area contributed by atoms with Crippen LogP contribution in [0.5, 0.6) is 0 Å². The van der Waals surface area contributed by atoms with Gasteiger partial charge in [0.1, 0.15) is 0 Å². The van der Waals surface area contributed by atoms with Gasteiger partial charge in [0.05, 0.1) is 4.90 Å². The molecular formula is C15H23N3O2S. The Morgan fingerprint density at radius 1 is 1.19 bits per heavy atom. The first-order chi connectivity index (χ1) is 9.91. The Labute approximate surface area is 126 Å². The van der Waals surface area contributed by atoms with Crippen LogP contribution in [0.15, 0.2) is 23.1 Å². The molecule has 1 aromatic carbocycles. The number of likely N-dealkylation sites (N-methyl/N-ethyl adjacent to an activating group) is 1. The second kappa shape index (κ2) is 5.26. The topological polar surface area (TPSA) is 66.6 Å². The van der Waals surface area contributed by atoms with E-state index in [1.54, 1.807) is 29.4 Å². The Morgan fingerprint density at radius 2 is 1.90 bits per heavy atom. The molecule has 1 aromatic rings. The number of nitrogen functional groups attached to an aromatic ring is 1. The SMILES string of the molecule is Cc1c(N)cccc1S(=O)(=O)N1CCC2CCC(C1)N2C. The average Bonchev–Trinajstić information content (AvgIpc) is 2.65. The third-order valence-corrected chi connectivity index (χ3v) is 7.06. The fourth-order valence-electron chi connectivity index (χ4n) is 3.55. The Morgan fingerprint density at radius 3 is 2.67 bits per heavy atom. The van der Waals surface area contributed by atoms with Crippen molar-refractivity contribution in [3.05, 3.63) is 23.8 Å². The number of nitrogens with zero attached hydrogens (tertiary/aromatic N) is 2. The van der Waals surface area contributed by atoms with Crippen LogP contribution in [-0.2, 0) is 10.0 Å². The van der Waals surface area contributed by atoms with Gasteiger partial charge in [-0.25, -0.2) is 8.42 Å². The molecule has 2 aliphatic heterocycles. The number of benzene rings is 1. The first-order valence-corrected chi connectivity index (χ1v) is 8.92. The lowest BCUT2D eigenvalue weighted by atomic mass is 10.1. The van der Waals surface area contributed by atoms with Crippen molar-refractivity contribution in [2.75, 3.05) is 25.9 Å². The van der Waals surface area contributed by atoms with Crippen molar-refractivity contribution in [2.45, 2.75) is 43.2 Å². The van der Waals surface area contributed by atoms with E-state index in [1.165, 1.54) is 6.42 Å². The highest BCUT2D eigenvalue weighted by Crippen LogP contribution is 2.32. The summed E-state index contributed by atoms with van der Waals surface area (Å²) < 4.78 is 27.5. The zero-order valence-electron chi connectivity index (χ0n) is 12.6. The molecule has 0 aliphatic carbocycles. The number of hydrogen-bond donors (Lipinski definition) is 1. The molecule has 2 fully saturated rings. The van der Waals surface area contributed by atoms with Crippen LogP contribution in [0.2, 0.25) is 0 Å². The lowest BCUT2D eigenvalue weighted by Gasteiger charge is -2.26. The van der Waals surface area contributed by atoms with Gasteiger partial charge in [-0.1, -0.05) is 6.07 Å². The summed E-state index contributed by atoms with van der Waals surface area (Å²) in [6, 6.07) is 5.98. The molecule has 2 saturated heterocycles. The maximum atomic E-state index is 12.9. The number of hydrogen-bond acceptors (Lipinski definition) is 4. The summed E-state index contributed by atoms with van der Waals surface area (Å²) in [7, 11) is -1.34. The van der Waals surface area contributed by atoms with Crippen LogP contribution in [0.25, 0.3) is 0 Å². The minimum absolute atomic E-state index is 0.341. The third kappa shape index (κ3) is 2.45. The van der Waals surface area contributed by atoms with Crippen molar-refractivity contribution in [3.63, 3.8) is 0 Å². The van der Waals surface area contributed by atoms with E-state index in [-0.39, 0.29) is 0 Å². The molecule has 0 spiro atoms. The molecule has 2 bridgehead atoms. The Hall–Kier alpha value is -1.11. The number of anilines is 1. The van der Waals surface area contributed by atoms with Crippen molar-refractivity contribution in [1.29, 1.82) is 0 Å². The molecule has 6 heteroatoms. The van der Waals surface area contributed by atoms with Gasteiger partial charge in [0.2, 0.25) is 10.0 Å². The Balaban J connectivity index is 1.93. The third-order valence-electron chi connectivity index (χ3n) is 5.05. The largest absolute Gasteiger partial charge is 0.398 e. The van der Waals surface area contributed by atoms with Crippen LogP contribution >= 0.6 is 0 Å². The van der Waals surface area contributed by atoms with Crippen molar-refractivity contribution in [2.24, 2.45) is 0 Å². The molecule has 116 valence electrons. The number of rotatable bonds is 2. The molecule has 2 aliphatic rings. The van der Waals surface area contributed by atoms with Gasteiger partial charge in [0, 0.05) is 30.9 Å². The standard InChI is InChI=1S/C15H23N3O2S/c1-11-14(16)4-3-5-15(11)21(19,20)18-9-8-12-6-7-13(10-18)17(12)2/h3-5,12-13H,6-10,16H2,1-2H3. The molecule has 2 atom stereocenters. The highest BCUT2D eigenvalue weighted by atomic mass is 32.2. The van der Waals surface area contributed by atoms with Gasteiger partial charge in [-0.2, -0.15) is 4.31 Å². The van der Waals surface area contributed by atoms with Crippen LogP contribution < -0.4 is 5.73 Å². The van der Waals surface area contributed by atoms with Crippen molar-refractivity contribution in [3.8, 4) is 0 Å². The maximum Gasteiger partial charge on any atom is 0.243 e. The predicted molar refractivity (Wildman–Crippen MR) is 83.5 cm³/mol. The smallest absolute Gasteiger partial charge is 0.243 e. The van der Waals surface area contributed by atoms with Gasteiger partial charge >= 0.3 is 0 Å². The molecule has 0 radical (unpaired) electrons. The lowest BCUT2D eigenvalue weighted by Crippen LogP contribution is -2.39. The summed E-state index contributed by atoms with van der Waals surface area (Å²) in [4.78, 5) is 2.70. The highest BCUT2D eigenvalue weighted by molar-refractivity contribution is 7.89. The number of nitrogens with two attached hydrogens (primary N) is 1. The van der Waals surface area contributed by atoms with Gasteiger partial charge < -0.3 is 5.73 Å².